The van der Waals surface area contributed by atoms with E-state index in [0.717, 1.165) is 28.4 Å². The van der Waals surface area contributed by atoms with Crippen molar-refractivity contribution in [2.24, 2.45) is 0 Å². The van der Waals surface area contributed by atoms with Gasteiger partial charge in [-0.1, -0.05) is 30.5 Å². The van der Waals surface area contributed by atoms with Crippen molar-refractivity contribution in [2.75, 3.05) is 13.1 Å². The molecule has 1 aliphatic heterocycles. The molecule has 1 aromatic carbocycles. The van der Waals surface area contributed by atoms with E-state index in [2.05, 4.69) is 10.2 Å². The van der Waals surface area contributed by atoms with E-state index in [0.29, 0.717) is 23.9 Å². The van der Waals surface area contributed by atoms with Gasteiger partial charge in [-0.15, -0.1) is 21.5 Å². The first-order valence-electron chi connectivity index (χ1n) is 9.44. The number of benzene rings is 1. The first kappa shape index (κ1) is 18.1. The van der Waals surface area contributed by atoms with Gasteiger partial charge < -0.3 is 0 Å². The Morgan fingerprint density at radius 3 is 2.27 bits per heavy atom. The largest absolute Gasteiger partial charge is 0.243 e. The normalized spacial score (nSPS) is 22.7. The van der Waals surface area contributed by atoms with Crippen molar-refractivity contribution in [2.45, 2.75) is 62.2 Å². The lowest BCUT2D eigenvalue weighted by Crippen LogP contribution is -2.39. The molecule has 2 aliphatic rings. The molecule has 1 unspecified atom stereocenters. The molecular formula is C19H25N3O2S2. The Kier molecular flexibility index (Phi) is 5.12. The number of sulfonamides is 1. The Morgan fingerprint density at radius 1 is 0.962 bits per heavy atom. The molecule has 2 heterocycles. The first-order valence-corrected chi connectivity index (χ1v) is 11.7. The maximum Gasteiger partial charge on any atom is 0.243 e. The number of rotatable bonds is 4. The molecule has 2 aromatic rings. The molecule has 26 heavy (non-hydrogen) atoms. The summed E-state index contributed by atoms with van der Waals surface area (Å²) in [6.45, 7) is 3.06. The van der Waals surface area contributed by atoms with Gasteiger partial charge in [0.25, 0.3) is 0 Å². The van der Waals surface area contributed by atoms with E-state index in [1.165, 1.54) is 25.7 Å². The summed E-state index contributed by atoms with van der Waals surface area (Å²) >= 11 is 1.70. The van der Waals surface area contributed by atoms with Gasteiger partial charge in [-0.25, -0.2) is 8.42 Å². The molecule has 0 N–H and O–H groups in total. The molecule has 1 saturated carbocycles. The summed E-state index contributed by atoms with van der Waals surface area (Å²) in [5, 5.41) is 11.0. The summed E-state index contributed by atoms with van der Waals surface area (Å²) in [7, 11) is -3.44. The highest BCUT2D eigenvalue weighted by molar-refractivity contribution is 7.89. The van der Waals surface area contributed by atoms with Gasteiger partial charge in [0.15, 0.2) is 0 Å². The standard InChI is InChI=1S/C19H25N3O2S2/c1-14-8-10-17(11-9-14)26(23,24)22-12-4-7-16(13-22)19-21-20-18(25-19)15-5-2-3-6-15/h8-11,15-16H,2-7,12-13H2,1H3. The number of aryl methyl sites for hydroxylation is 1. The fraction of sp³-hybridized carbons (Fsp3) is 0.579. The number of aromatic nitrogens is 2. The zero-order valence-corrected chi connectivity index (χ0v) is 16.7. The van der Waals surface area contributed by atoms with Crippen LogP contribution in [0, 0.1) is 6.92 Å². The van der Waals surface area contributed by atoms with E-state index in [-0.39, 0.29) is 5.92 Å². The van der Waals surface area contributed by atoms with Gasteiger partial charge in [-0.3, -0.25) is 0 Å². The topological polar surface area (TPSA) is 63.2 Å². The van der Waals surface area contributed by atoms with E-state index in [1.54, 1.807) is 27.8 Å². The van der Waals surface area contributed by atoms with Crippen molar-refractivity contribution < 1.29 is 8.42 Å². The molecule has 140 valence electrons. The van der Waals surface area contributed by atoms with Crippen molar-refractivity contribution in [3.63, 3.8) is 0 Å². The Morgan fingerprint density at radius 2 is 1.58 bits per heavy atom. The summed E-state index contributed by atoms with van der Waals surface area (Å²) < 4.78 is 27.6. The van der Waals surface area contributed by atoms with Crippen LogP contribution in [-0.2, 0) is 10.0 Å². The lowest BCUT2D eigenvalue weighted by molar-refractivity contribution is 0.314. The van der Waals surface area contributed by atoms with Crippen molar-refractivity contribution >= 4 is 21.4 Å². The van der Waals surface area contributed by atoms with Crippen LogP contribution in [0.2, 0.25) is 0 Å². The van der Waals surface area contributed by atoms with Crippen LogP contribution < -0.4 is 0 Å². The summed E-state index contributed by atoms with van der Waals surface area (Å²) in [4.78, 5) is 0.382. The lowest BCUT2D eigenvalue weighted by atomic mass is 10.0. The Balaban J connectivity index is 1.51. The number of nitrogens with zero attached hydrogens (tertiary/aromatic N) is 3. The minimum absolute atomic E-state index is 0.164. The van der Waals surface area contributed by atoms with Gasteiger partial charge in [0, 0.05) is 24.9 Å². The molecule has 5 nitrogen and oxygen atoms in total. The Hall–Kier alpha value is -1.31. The van der Waals surface area contributed by atoms with Crippen LogP contribution >= 0.6 is 11.3 Å². The van der Waals surface area contributed by atoms with Crippen molar-refractivity contribution in [3.05, 3.63) is 39.8 Å². The van der Waals surface area contributed by atoms with Crippen molar-refractivity contribution in [1.29, 1.82) is 0 Å². The molecule has 1 aromatic heterocycles. The van der Waals surface area contributed by atoms with E-state index in [1.807, 2.05) is 19.1 Å². The zero-order valence-electron chi connectivity index (χ0n) is 15.1. The fourth-order valence-corrected chi connectivity index (χ4v) is 6.63. The second-order valence-corrected chi connectivity index (χ2v) is 10.5. The molecule has 0 radical (unpaired) electrons. The van der Waals surface area contributed by atoms with Gasteiger partial charge >= 0.3 is 0 Å². The number of hydrogen-bond donors (Lipinski definition) is 0. The van der Waals surface area contributed by atoms with E-state index < -0.39 is 10.0 Å². The van der Waals surface area contributed by atoms with Gasteiger partial charge in [-0.05, 0) is 44.7 Å². The predicted octanol–water partition coefficient (Wildman–Crippen LogP) is 4.07. The molecule has 7 heteroatoms. The van der Waals surface area contributed by atoms with Crippen LogP contribution in [0.5, 0.6) is 0 Å². The molecule has 0 bridgehead atoms. The van der Waals surface area contributed by atoms with E-state index in [9.17, 15) is 8.42 Å². The van der Waals surface area contributed by atoms with Crippen LogP contribution in [0.15, 0.2) is 29.2 Å². The molecule has 1 saturated heterocycles. The van der Waals surface area contributed by atoms with Crippen LogP contribution in [0.1, 0.15) is 65.9 Å². The van der Waals surface area contributed by atoms with Gasteiger partial charge in [0.05, 0.1) is 4.90 Å². The third-order valence-electron chi connectivity index (χ3n) is 5.55. The maximum absolute atomic E-state index is 13.0. The van der Waals surface area contributed by atoms with Gasteiger partial charge in [0.2, 0.25) is 10.0 Å². The van der Waals surface area contributed by atoms with Gasteiger partial charge in [-0.2, -0.15) is 4.31 Å². The summed E-state index contributed by atoms with van der Waals surface area (Å²) in [6, 6.07) is 7.12. The molecule has 0 amide bonds. The highest BCUT2D eigenvalue weighted by Crippen LogP contribution is 2.38. The van der Waals surface area contributed by atoms with E-state index in [4.69, 9.17) is 0 Å². The monoisotopic (exact) mass is 391 g/mol. The SMILES string of the molecule is Cc1ccc(S(=O)(=O)N2CCCC(c3nnc(C4CCCC4)s3)C2)cc1. The fourth-order valence-electron chi connectivity index (χ4n) is 3.97. The second kappa shape index (κ2) is 7.37. The van der Waals surface area contributed by atoms with Crippen LogP contribution in [0.3, 0.4) is 0 Å². The average molecular weight is 392 g/mol. The maximum atomic E-state index is 13.0. The third-order valence-corrected chi connectivity index (χ3v) is 8.68. The second-order valence-electron chi connectivity index (χ2n) is 7.48. The minimum atomic E-state index is -3.44. The minimum Gasteiger partial charge on any atom is -0.207 e. The number of hydrogen-bond acceptors (Lipinski definition) is 5. The van der Waals surface area contributed by atoms with Crippen molar-refractivity contribution in [3.8, 4) is 0 Å². The summed E-state index contributed by atoms with van der Waals surface area (Å²) in [5.41, 5.74) is 1.06. The van der Waals surface area contributed by atoms with Crippen LogP contribution in [0.4, 0.5) is 0 Å². The summed E-state index contributed by atoms with van der Waals surface area (Å²) in [5.74, 6) is 0.730. The Bertz CT molecular complexity index is 855. The molecule has 1 aliphatic carbocycles. The molecule has 2 fully saturated rings. The zero-order chi connectivity index (χ0) is 18.1. The molecule has 0 spiro atoms. The van der Waals surface area contributed by atoms with Crippen molar-refractivity contribution in [1.82, 2.24) is 14.5 Å². The summed E-state index contributed by atoms with van der Waals surface area (Å²) in [6.07, 6.45) is 6.85. The Labute approximate surface area is 159 Å². The smallest absolute Gasteiger partial charge is 0.207 e. The third kappa shape index (κ3) is 3.57. The quantitative estimate of drug-likeness (QED) is 0.788. The van der Waals surface area contributed by atoms with Crippen LogP contribution in [-0.4, -0.2) is 36.0 Å². The van der Waals surface area contributed by atoms with Crippen LogP contribution in [0.25, 0.3) is 0 Å². The molecule has 1 atom stereocenters. The predicted molar refractivity (Wildman–Crippen MR) is 103 cm³/mol. The molecular weight excluding hydrogens is 366 g/mol. The highest BCUT2D eigenvalue weighted by Gasteiger charge is 2.33. The first-order chi connectivity index (χ1) is 12.5. The number of piperidine rings is 1. The average Bonchev–Trinajstić information content (AvgIpc) is 3.34. The lowest BCUT2D eigenvalue weighted by Gasteiger charge is -2.30. The van der Waals surface area contributed by atoms with Gasteiger partial charge in [0.1, 0.15) is 10.0 Å². The van der Waals surface area contributed by atoms with E-state index >= 15 is 0 Å². The molecule has 4 rings (SSSR count). The highest BCUT2D eigenvalue weighted by atomic mass is 32.2.